The molecule has 2 atom stereocenters. The number of hydrogen-bond donors (Lipinski definition) is 0. The Morgan fingerprint density at radius 2 is 2.04 bits per heavy atom. The zero-order chi connectivity index (χ0) is 18.4. The highest BCUT2D eigenvalue weighted by atomic mass is 16.5. The Kier molecular flexibility index (Phi) is 4.27. The fourth-order valence-corrected chi connectivity index (χ4v) is 3.49. The molecule has 0 bridgehead atoms. The molecule has 5 nitrogen and oxygen atoms in total. The molecular formula is C20H23NO4. The highest BCUT2D eigenvalue weighted by Gasteiger charge is 2.45. The van der Waals surface area contributed by atoms with E-state index < -0.39 is 23.8 Å². The molecule has 2 unspecified atom stereocenters. The van der Waals surface area contributed by atoms with E-state index in [0.29, 0.717) is 17.0 Å². The molecule has 0 amide bonds. The van der Waals surface area contributed by atoms with Gasteiger partial charge in [0.25, 0.3) is 0 Å². The number of hydrogen-bond acceptors (Lipinski definition) is 5. The van der Waals surface area contributed by atoms with E-state index in [1.807, 2.05) is 12.1 Å². The maximum absolute atomic E-state index is 12.5. The van der Waals surface area contributed by atoms with E-state index in [2.05, 4.69) is 37.9 Å². The molecule has 132 valence electrons. The van der Waals surface area contributed by atoms with Crippen molar-refractivity contribution in [3.8, 4) is 0 Å². The minimum absolute atomic E-state index is 0.0397. The molecule has 5 heteroatoms. The predicted molar refractivity (Wildman–Crippen MR) is 94.5 cm³/mol. The largest absolute Gasteiger partial charge is 0.468 e. The summed E-state index contributed by atoms with van der Waals surface area (Å²) in [6.45, 7) is 8.35. The van der Waals surface area contributed by atoms with Gasteiger partial charge in [0.15, 0.2) is 0 Å². The van der Waals surface area contributed by atoms with Gasteiger partial charge in [0.1, 0.15) is 12.5 Å². The van der Waals surface area contributed by atoms with Crippen LogP contribution in [-0.2, 0) is 24.5 Å². The van der Waals surface area contributed by atoms with Crippen molar-refractivity contribution >= 4 is 17.7 Å². The third kappa shape index (κ3) is 2.99. The van der Waals surface area contributed by atoms with Crippen LogP contribution in [0.5, 0.6) is 0 Å². The van der Waals surface area contributed by atoms with Gasteiger partial charge in [-0.05, 0) is 23.5 Å². The van der Waals surface area contributed by atoms with Crippen LogP contribution in [-0.4, -0.2) is 31.4 Å². The van der Waals surface area contributed by atoms with E-state index in [-0.39, 0.29) is 12.0 Å². The molecule has 2 heterocycles. The molecule has 0 saturated carbocycles. The second-order valence-electron chi connectivity index (χ2n) is 7.54. The summed E-state index contributed by atoms with van der Waals surface area (Å²) < 4.78 is 10.2. The molecule has 0 radical (unpaired) electrons. The van der Waals surface area contributed by atoms with Crippen LogP contribution in [0.1, 0.15) is 44.7 Å². The molecule has 0 aliphatic carbocycles. The van der Waals surface area contributed by atoms with Crippen LogP contribution in [0.25, 0.3) is 0 Å². The maximum Gasteiger partial charge on any atom is 0.337 e. The fraction of sp³-hybridized carbons (Fsp3) is 0.450. The van der Waals surface area contributed by atoms with Gasteiger partial charge in [-0.15, -0.1) is 0 Å². The predicted octanol–water partition coefficient (Wildman–Crippen LogP) is 3.14. The van der Waals surface area contributed by atoms with Crippen molar-refractivity contribution in [3.05, 3.63) is 46.7 Å². The number of carbonyl (C=O) groups excluding carboxylic acids is 2. The molecule has 0 fully saturated rings. The average Bonchev–Trinajstić information content (AvgIpc) is 2.93. The minimum Gasteiger partial charge on any atom is -0.468 e. The highest BCUT2D eigenvalue weighted by molar-refractivity contribution is 6.07. The lowest BCUT2D eigenvalue weighted by molar-refractivity contribution is -0.143. The number of ether oxygens (including phenoxy) is 2. The highest BCUT2D eigenvalue weighted by Crippen LogP contribution is 2.43. The van der Waals surface area contributed by atoms with Crippen molar-refractivity contribution in [3.63, 3.8) is 0 Å². The molecule has 0 saturated heterocycles. The Bertz CT molecular complexity index is 798. The van der Waals surface area contributed by atoms with Crippen LogP contribution in [0.15, 0.2) is 40.5 Å². The molecular weight excluding hydrogens is 318 g/mol. The molecule has 3 rings (SSSR count). The van der Waals surface area contributed by atoms with Gasteiger partial charge in [-0.2, -0.15) is 0 Å². The van der Waals surface area contributed by atoms with Crippen LogP contribution in [0.3, 0.4) is 0 Å². The lowest BCUT2D eigenvalue weighted by Crippen LogP contribution is -2.34. The fourth-order valence-electron chi connectivity index (χ4n) is 3.49. The summed E-state index contributed by atoms with van der Waals surface area (Å²) in [5, 5.41) is 0. The maximum atomic E-state index is 12.5. The standard InChI is InChI=1S/C20H23NO4/c1-11-15(18(22)24-5)16(17-14(21-11)10-25-19(17)23)12-7-6-8-13(9-12)20(2,3)4/h6-9,15-16H,10H2,1-5H3. The number of carbonyl (C=O) groups is 2. The van der Waals surface area contributed by atoms with Gasteiger partial charge in [-0.3, -0.25) is 9.79 Å². The summed E-state index contributed by atoms with van der Waals surface area (Å²) >= 11 is 0. The Hall–Kier alpha value is -2.43. The molecule has 0 spiro atoms. The lowest BCUT2D eigenvalue weighted by Gasteiger charge is -2.30. The summed E-state index contributed by atoms with van der Waals surface area (Å²) in [6.07, 6.45) is 0. The van der Waals surface area contributed by atoms with Gasteiger partial charge in [0, 0.05) is 11.6 Å². The smallest absolute Gasteiger partial charge is 0.337 e. The third-order valence-electron chi connectivity index (χ3n) is 4.84. The Labute approximate surface area is 147 Å². The van der Waals surface area contributed by atoms with Crippen molar-refractivity contribution < 1.29 is 19.1 Å². The molecule has 2 aliphatic rings. The second kappa shape index (κ2) is 6.14. The third-order valence-corrected chi connectivity index (χ3v) is 4.84. The van der Waals surface area contributed by atoms with Crippen molar-refractivity contribution in [1.29, 1.82) is 0 Å². The number of nitrogens with zero attached hydrogens (tertiary/aromatic N) is 1. The number of benzene rings is 1. The van der Waals surface area contributed by atoms with Gasteiger partial charge in [-0.1, -0.05) is 45.0 Å². The zero-order valence-corrected chi connectivity index (χ0v) is 15.3. The Balaban J connectivity index is 2.17. The minimum atomic E-state index is -0.621. The summed E-state index contributed by atoms with van der Waals surface area (Å²) in [4.78, 5) is 29.2. The van der Waals surface area contributed by atoms with Crippen LogP contribution < -0.4 is 0 Å². The van der Waals surface area contributed by atoms with E-state index in [1.165, 1.54) is 7.11 Å². The summed E-state index contributed by atoms with van der Waals surface area (Å²) in [6, 6.07) is 8.04. The molecule has 1 aromatic carbocycles. The number of cyclic esters (lactones) is 1. The first kappa shape index (κ1) is 17.4. The van der Waals surface area contributed by atoms with E-state index in [9.17, 15) is 9.59 Å². The molecule has 0 aromatic heterocycles. The first-order valence-electron chi connectivity index (χ1n) is 8.37. The van der Waals surface area contributed by atoms with Gasteiger partial charge in [-0.25, -0.2) is 4.79 Å². The number of methoxy groups -OCH3 is 1. The Morgan fingerprint density at radius 1 is 1.32 bits per heavy atom. The van der Waals surface area contributed by atoms with Crippen LogP contribution in [0, 0.1) is 5.92 Å². The van der Waals surface area contributed by atoms with E-state index in [1.54, 1.807) is 6.92 Å². The molecule has 0 N–H and O–H groups in total. The van der Waals surface area contributed by atoms with Gasteiger partial charge >= 0.3 is 11.9 Å². The van der Waals surface area contributed by atoms with Crippen LogP contribution in [0.4, 0.5) is 0 Å². The van der Waals surface area contributed by atoms with Gasteiger partial charge in [0.2, 0.25) is 0 Å². The van der Waals surface area contributed by atoms with E-state index in [4.69, 9.17) is 9.47 Å². The number of esters is 2. The zero-order valence-electron chi connectivity index (χ0n) is 15.3. The van der Waals surface area contributed by atoms with E-state index in [0.717, 1.165) is 11.1 Å². The number of aliphatic imine (C=N–C) groups is 1. The normalized spacial score (nSPS) is 23.1. The van der Waals surface area contributed by atoms with Crippen molar-refractivity contribution in [2.75, 3.05) is 13.7 Å². The molecule has 1 aromatic rings. The Morgan fingerprint density at radius 3 is 2.68 bits per heavy atom. The quantitative estimate of drug-likeness (QED) is 0.775. The second-order valence-corrected chi connectivity index (χ2v) is 7.54. The van der Waals surface area contributed by atoms with Crippen LogP contribution >= 0.6 is 0 Å². The first-order chi connectivity index (χ1) is 11.7. The first-order valence-corrected chi connectivity index (χ1v) is 8.37. The van der Waals surface area contributed by atoms with Crippen molar-refractivity contribution in [2.45, 2.75) is 39.0 Å². The van der Waals surface area contributed by atoms with Gasteiger partial charge in [0.05, 0.1) is 18.4 Å². The topological polar surface area (TPSA) is 65.0 Å². The molecule has 25 heavy (non-hydrogen) atoms. The molecule has 2 aliphatic heterocycles. The van der Waals surface area contributed by atoms with Crippen LogP contribution in [0.2, 0.25) is 0 Å². The lowest BCUT2D eigenvalue weighted by atomic mass is 9.74. The average molecular weight is 341 g/mol. The van der Waals surface area contributed by atoms with E-state index >= 15 is 0 Å². The van der Waals surface area contributed by atoms with Crippen molar-refractivity contribution in [2.24, 2.45) is 10.9 Å². The summed E-state index contributed by atoms with van der Waals surface area (Å²) in [5.74, 6) is -1.84. The monoisotopic (exact) mass is 341 g/mol. The van der Waals surface area contributed by atoms with Crippen molar-refractivity contribution in [1.82, 2.24) is 0 Å². The summed E-state index contributed by atoms with van der Waals surface area (Å²) in [7, 11) is 1.36. The SMILES string of the molecule is COC(=O)C1C(C)=NC2=C(C(=O)OC2)C1c1cccc(C(C)(C)C)c1. The summed E-state index contributed by atoms with van der Waals surface area (Å²) in [5.41, 5.74) is 3.75. The number of rotatable bonds is 2. The van der Waals surface area contributed by atoms with Gasteiger partial charge < -0.3 is 9.47 Å².